The summed E-state index contributed by atoms with van der Waals surface area (Å²) in [5.41, 5.74) is 2.86. The average Bonchev–Trinajstić information content (AvgIpc) is 2.83. The lowest BCUT2D eigenvalue weighted by Gasteiger charge is -2.10. The van der Waals surface area contributed by atoms with Gasteiger partial charge in [0.15, 0.2) is 5.82 Å². The van der Waals surface area contributed by atoms with Crippen molar-refractivity contribution < 1.29 is 13.3 Å². The maximum atomic E-state index is 13.7. The first-order valence-electron chi connectivity index (χ1n) is 7.45. The first-order valence-corrected chi connectivity index (χ1v) is 7.45. The molecule has 2 heterocycles. The number of rotatable bonds is 5. The van der Waals surface area contributed by atoms with Gasteiger partial charge in [0.25, 0.3) is 0 Å². The molecule has 4 nitrogen and oxygen atoms in total. The Balaban J connectivity index is 1.70. The molecule has 0 unspecified atom stereocenters. The molecule has 0 aliphatic rings. The van der Waals surface area contributed by atoms with E-state index in [4.69, 9.17) is 4.52 Å². The first kappa shape index (κ1) is 15.4. The van der Waals surface area contributed by atoms with Crippen molar-refractivity contribution in [3.63, 3.8) is 0 Å². The summed E-state index contributed by atoms with van der Waals surface area (Å²) in [4.78, 5) is 3.97. The third kappa shape index (κ3) is 3.16. The van der Waals surface area contributed by atoms with Crippen molar-refractivity contribution in [2.24, 2.45) is 0 Å². The lowest BCUT2D eigenvalue weighted by atomic mass is 10.1. The second-order valence-electron chi connectivity index (χ2n) is 5.48. The molecule has 0 amide bonds. The van der Waals surface area contributed by atoms with Gasteiger partial charge in [-0.2, -0.15) is 0 Å². The lowest BCUT2D eigenvalue weighted by molar-refractivity contribution is 0.392. The topological polar surface area (TPSA) is 51.0 Å². The zero-order valence-electron chi connectivity index (χ0n) is 13.0. The minimum Gasteiger partial charge on any atom is -0.384 e. The van der Waals surface area contributed by atoms with Crippen molar-refractivity contribution in [1.82, 2.24) is 10.1 Å². The van der Waals surface area contributed by atoms with Gasteiger partial charge in [-0.05, 0) is 38.8 Å². The molecule has 120 valence electrons. The molecule has 1 aromatic carbocycles. The van der Waals surface area contributed by atoms with Crippen molar-refractivity contribution in [3.05, 3.63) is 53.0 Å². The maximum absolute atomic E-state index is 13.7. The molecule has 0 fully saturated rings. The number of benzene rings is 1. The van der Waals surface area contributed by atoms with Crippen LogP contribution in [0.2, 0.25) is 0 Å². The van der Waals surface area contributed by atoms with Crippen LogP contribution in [0.25, 0.3) is 10.9 Å². The molecule has 3 aromatic rings. The van der Waals surface area contributed by atoms with Crippen molar-refractivity contribution in [2.75, 3.05) is 11.9 Å². The number of hydrogen-bond donors (Lipinski definition) is 1. The van der Waals surface area contributed by atoms with Crippen LogP contribution in [-0.2, 0) is 6.42 Å². The largest absolute Gasteiger partial charge is 0.384 e. The highest BCUT2D eigenvalue weighted by Gasteiger charge is 2.10. The second-order valence-corrected chi connectivity index (χ2v) is 5.48. The number of nitrogens with one attached hydrogen (secondary N) is 1. The number of halogens is 2. The molecule has 0 saturated carbocycles. The van der Waals surface area contributed by atoms with E-state index in [1.54, 1.807) is 6.07 Å². The molecule has 0 aliphatic carbocycles. The lowest BCUT2D eigenvalue weighted by Crippen LogP contribution is -2.05. The molecule has 0 radical (unpaired) electrons. The van der Waals surface area contributed by atoms with Gasteiger partial charge in [0.2, 0.25) is 0 Å². The van der Waals surface area contributed by atoms with Gasteiger partial charge >= 0.3 is 0 Å². The summed E-state index contributed by atoms with van der Waals surface area (Å²) in [5.74, 6) is -0.429. The van der Waals surface area contributed by atoms with Gasteiger partial charge in [-0.25, -0.2) is 8.78 Å². The smallest absolute Gasteiger partial charge is 0.152 e. The molecule has 23 heavy (non-hydrogen) atoms. The highest BCUT2D eigenvalue weighted by atomic mass is 19.1. The van der Waals surface area contributed by atoms with E-state index in [-0.39, 0.29) is 5.52 Å². The molecule has 0 atom stereocenters. The van der Waals surface area contributed by atoms with Crippen LogP contribution in [0, 0.1) is 25.5 Å². The number of aromatic nitrogens is 2. The van der Waals surface area contributed by atoms with Crippen molar-refractivity contribution in [2.45, 2.75) is 26.7 Å². The predicted octanol–water partition coefficient (Wildman–Crippen LogP) is 4.16. The van der Waals surface area contributed by atoms with Crippen LogP contribution in [-0.4, -0.2) is 16.7 Å². The van der Waals surface area contributed by atoms with Crippen molar-refractivity contribution >= 4 is 16.6 Å². The Morgan fingerprint density at radius 3 is 2.78 bits per heavy atom. The molecule has 3 rings (SSSR count). The number of hydrogen-bond acceptors (Lipinski definition) is 4. The number of fused-ring (bicyclic) bond motifs is 1. The summed E-state index contributed by atoms with van der Waals surface area (Å²) in [7, 11) is 0. The van der Waals surface area contributed by atoms with Gasteiger partial charge in [0.05, 0.1) is 5.69 Å². The van der Waals surface area contributed by atoms with Crippen LogP contribution in [0.1, 0.15) is 23.4 Å². The zero-order chi connectivity index (χ0) is 16.4. The van der Waals surface area contributed by atoms with Crippen LogP contribution in [0.3, 0.4) is 0 Å². The van der Waals surface area contributed by atoms with E-state index >= 15 is 0 Å². The van der Waals surface area contributed by atoms with E-state index in [9.17, 15) is 8.78 Å². The summed E-state index contributed by atoms with van der Waals surface area (Å²) >= 11 is 0. The molecule has 2 aromatic heterocycles. The Morgan fingerprint density at radius 2 is 2.04 bits per heavy atom. The fourth-order valence-corrected chi connectivity index (χ4v) is 2.68. The fourth-order valence-electron chi connectivity index (χ4n) is 2.68. The minimum absolute atomic E-state index is 0.169. The van der Waals surface area contributed by atoms with E-state index in [1.807, 2.05) is 13.8 Å². The quantitative estimate of drug-likeness (QED) is 0.718. The summed E-state index contributed by atoms with van der Waals surface area (Å²) in [6.45, 7) is 4.48. The molecule has 0 aliphatic heterocycles. The fraction of sp³-hybridized carbons (Fsp3) is 0.294. The SMILES string of the molecule is Cc1noc(C)c1CCCNc1ccnc2c(F)cc(F)cc12. The summed E-state index contributed by atoms with van der Waals surface area (Å²) in [5, 5.41) is 7.59. The number of anilines is 1. The Kier molecular flexibility index (Phi) is 4.23. The zero-order valence-corrected chi connectivity index (χ0v) is 13.0. The molecule has 6 heteroatoms. The van der Waals surface area contributed by atoms with Crippen LogP contribution < -0.4 is 5.32 Å². The Bertz CT molecular complexity index is 826. The van der Waals surface area contributed by atoms with Gasteiger partial charge in [-0.1, -0.05) is 5.16 Å². The summed E-state index contributed by atoms with van der Waals surface area (Å²) in [6, 6.07) is 3.86. The summed E-state index contributed by atoms with van der Waals surface area (Å²) in [6.07, 6.45) is 3.20. The second kappa shape index (κ2) is 6.32. The van der Waals surface area contributed by atoms with E-state index in [0.29, 0.717) is 17.6 Å². The third-order valence-corrected chi connectivity index (χ3v) is 3.86. The van der Waals surface area contributed by atoms with Gasteiger partial charge in [0.1, 0.15) is 17.1 Å². The first-order chi connectivity index (χ1) is 11.1. The Labute approximate surface area is 132 Å². The molecule has 0 spiro atoms. The monoisotopic (exact) mass is 317 g/mol. The highest BCUT2D eigenvalue weighted by Crippen LogP contribution is 2.25. The maximum Gasteiger partial charge on any atom is 0.152 e. The molecule has 1 N–H and O–H groups in total. The van der Waals surface area contributed by atoms with Crippen LogP contribution >= 0.6 is 0 Å². The van der Waals surface area contributed by atoms with Crippen LogP contribution in [0.4, 0.5) is 14.5 Å². The number of pyridine rings is 1. The predicted molar refractivity (Wildman–Crippen MR) is 84.4 cm³/mol. The highest BCUT2D eigenvalue weighted by molar-refractivity contribution is 5.91. The van der Waals surface area contributed by atoms with Gasteiger partial charge in [-0.3, -0.25) is 4.98 Å². The van der Waals surface area contributed by atoms with Crippen LogP contribution in [0.15, 0.2) is 28.9 Å². The molecular weight excluding hydrogens is 300 g/mol. The normalized spacial score (nSPS) is 11.1. The third-order valence-electron chi connectivity index (χ3n) is 3.86. The number of aryl methyl sites for hydroxylation is 2. The van der Waals surface area contributed by atoms with Gasteiger partial charge < -0.3 is 9.84 Å². The van der Waals surface area contributed by atoms with Gasteiger partial charge in [0, 0.05) is 35.4 Å². The minimum atomic E-state index is -0.653. The Hall–Kier alpha value is -2.50. The van der Waals surface area contributed by atoms with Crippen molar-refractivity contribution in [3.8, 4) is 0 Å². The van der Waals surface area contributed by atoms with E-state index < -0.39 is 11.6 Å². The Morgan fingerprint density at radius 1 is 1.22 bits per heavy atom. The number of nitrogens with zero attached hydrogens (tertiary/aromatic N) is 2. The van der Waals surface area contributed by atoms with E-state index in [1.165, 1.54) is 12.3 Å². The molecule has 0 saturated heterocycles. The van der Waals surface area contributed by atoms with Crippen LogP contribution in [0.5, 0.6) is 0 Å². The van der Waals surface area contributed by atoms with Gasteiger partial charge in [-0.15, -0.1) is 0 Å². The average molecular weight is 317 g/mol. The summed E-state index contributed by atoms with van der Waals surface area (Å²) < 4.78 is 32.3. The van der Waals surface area contributed by atoms with Crippen molar-refractivity contribution in [1.29, 1.82) is 0 Å². The molecular formula is C17H17F2N3O. The van der Waals surface area contributed by atoms with E-state index in [2.05, 4.69) is 15.5 Å². The standard InChI is InChI=1S/C17H17F2N3O/c1-10-13(11(2)23-22-10)4-3-6-20-16-5-7-21-17-14(16)8-12(18)9-15(17)19/h5,7-9H,3-4,6H2,1-2H3,(H,20,21). The van der Waals surface area contributed by atoms with E-state index in [0.717, 1.165) is 35.9 Å². The molecule has 0 bridgehead atoms.